The Hall–Kier alpha value is -1.09. The van der Waals surface area contributed by atoms with Crippen molar-refractivity contribution in [3.63, 3.8) is 0 Å². The molecule has 94 valence electrons. The monoisotopic (exact) mass is 255 g/mol. The van der Waals surface area contributed by atoms with Gasteiger partial charge in [-0.15, -0.1) is 0 Å². The van der Waals surface area contributed by atoms with Crippen LogP contribution in [0.25, 0.3) is 0 Å². The van der Waals surface area contributed by atoms with Crippen molar-refractivity contribution in [3.8, 4) is 11.5 Å². The van der Waals surface area contributed by atoms with E-state index >= 15 is 0 Å². The molecule has 3 nitrogen and oxygen atoms in total. The third kappa shape index (κ3) is 2.78. The average molecular weight is 256 g/mol. The Balaban J connectivity index is 2.23. The smallest absolute Gasteiger partial charge is 0.143 e. The fraction of sp³-hybridized carbons (Fsp3) is 0.538. The highest BCUT2D eigenvalue weighted by molar-refractivity contribution is 6.32. The summed E-state index contributed by atoms with van der Waals surface area (Å²) in [4.78, 5) is 0. The van der Waals surface area contributed by atoms with E-state index in [0.717, 1.165) is 17.4 Å². The highest BCUT2D eigenvalue weighted by atomic mass is 35.5. The minimum Gasteiger partial charge on any atom is -0.495 e. The van der Waals surface area contributed by atoms with E-state index in [1.807, 2.05) is 6.07 Å². The van der Waals surface area contributed by atoms with Crippen molar-refractivity contribution in [1.82, 2.24) is 0 Å². The Labute approximate surface area is 107 Å². The first-order valence-electron chi connectivity index (χ1n) is 5.83. The molecule has 2 rings (SSSR count). The zero-order chi connectivity index (χ0) is 12.4. The van der Waals surface area contributed by atoms with Crippen LogP contribution in [0.15, 0.2) is 12.1 Å². The van der Waals surface area contributed by atoms with E-state index in [1.165, 1.54) is 12.8 Å². The van der Waals surface area contributed by atoms with Gasteiger partial charge in [0, 0.05) is 18.2 Å². The summed E-state index contributed by atoms with van der Waals surface area (Å²) in [7, 11) is 3.26. The molecule has 1 aliphatic rings. The van der Waals surface area contributed by atoms with Crippen LogP contribution >= 0.6 is 11.6 Å². The molecule has 0 spiro atoms. The molecule has 4 heteroatoms. The van der Waals surface area contributed by atoms with Crippen molar-refractivity contribution in [2.45, 2.75) is 25.8 Å². The molecule has 1 N–H and O–H groups in total. The van der Waals surface area contributed by atoms with E-state index in [1.54, 1.807) is 20.3 Å². The van der Waals surface area contributed by atoms with Crippen molar-refractivity contribution in [1.29, 1.82) is 0 Å². The number of methoxy groups -OCH3 is 2. The molecular weight excluding hydrogens is 238 g/mol. The van der Waals surface area contributed by atoms with E-state index in [2.05, 4.69) is 12.2 Å². The Morgan fingerprint density at radius 1 is 1.24 bits per heavy atom. The van der Waals surface area contributed by atoms with Gasteiger partial charge in [-0.1, -0.05) is 11.6 Å². The molecule has 1 aromatic carbocycles. The Morgan fingerprint density at radius 3 is 2.41 bits per heavy atom. The number of anilines is 1. The van der Waals surface area contributed by atoms with Gasteiger partial charge < -0.3 is 14.8 Å². The maximum absolute atomic E-state index is 6.06. The summed E-state index contributed by atoms with van der Waals surface area (Å²) in [6.07, 6.45) is 2.61. The zero-order valence-electron chi connectivity index (χ0n) is 10.4. The SMILES string of the molecule is COc1cc(NC(C)C2CC2)c(OC)cc1Cl. The second-order valence-corrected chi connectivity index (χ2v) is 4.86. The highest BCUT2D eigenvalue weighted by Crippen LogP contribution is 2.39. The predicted octanol–water partition coefficient (Wildman–Crippen LogP) is 3.57. The molecule has 0 amide bonds. The summed E-state index contributed by atoms with van der Waals surface area (Å²) in [5, 5.41) is 4.03. The van der Waals surface area contributed by atoms with Crippen LogP contribution in [0, 0.1) is 5.92 Å². The fourth-order valence-electron chi connectivity index (χ4n) is 1.93. The Kier molecular flexibility index (Phi) is 3.67. The summed E-state index contributed by atoms with van der Waals surface area (Å²) in [6, 6.07) is 4.12. The number of benzene rings is 1. The van der Waals surface area contributed by atoms with Crippen molar-refractivity contribution in [2.24, 2.45) is 5.92 Å². The van der Waals surface area contributed by atoms with Crippen LogP contribution in [-0.2, 0) is 0 Å². The molecule has 1 aromatic rings. The van der Waals surface area contributed by atoms with Crippen LogP contribution in [0.2, 0.25) is 5.02 Å². The van der Waals surface area contributed by atoms with E-state index in [-0.39, 0.29) is 0 Å². The predicted molar refractivity (Wildman–Crippen MR) is 70.4 cm³/mol. The van der Waals surface area contributed by atoms with Crippen LogP contribution in [-0.4, -0.2) is 20.3 Å². The molecule has 1 fully saturated rings. The van der Waals surface area contributed by atoms with Gasteiger partial charge in [-0.05, 0) is 25.7 Å². The maximum atomic E-state index is 6.06. The first-order chi connectivity index (χ1) is 8.15. The Bertz CT molecular complexity index is 405. The van der Waals surface area contributed by atoms with Crippen molar-refractivity contribution < 1.29 is 9.47 Å². The number of halogens is 1. The normalized spacial score (nSPS) is 16.5. The van der Waals surface area contributed by atoms with Crippen molar-refractivity contribution in [3.05, 3.63) is 17.2 Å². The molecule has 1 saturated carbocycles. The third-order valence-electron chi connectivity index (χ3n) is 3.19. The number of hydrogen-bond acceptors (Lipinski definition) is 3. The summed E-state index contributed by atoms with van der Waals surface area (Å²) in [5.41, 5.74) is 0.938. The maximum Gasteiger partial charge on any atom is 0.143 e. The molecule has 17 heavy (non-hydrogen) atoms. The third-order valence-corrected chi connectivity index (χ3v) is 3.48. The molecular formula is C13H18ClNO2. The topological polar surface area (TPSA) is 30.5 Å². The van der Waals surface area contributed by atoms with Crippen molar-refractivity contribution >= 4 is 17.3 Å². The number of nitrogens with one attached hydrogen (secondary N) is 1. The van der Waals surface area contributed by atoms with Gasteiger partial charge in [-0.2, -0.15) is 0 Å². The number of rotatable bonds is 5. The lowest BCUT2D eigenvalue weighted by Gasteiger charge is -2.18. The summed E-state index contributed by atoms with van der Waals surface area (Å²) in [6.45, 7) is 2.19. The van der Waals surface area contributed by atoms with Gasteiger partial charge in [0.05, 0.1) is 24.9 Å². The lowest BCUT2D eigenvalue weighted by Crippen LogP contribution is -2.17. The second kappa shape index (κ2) is 5.05. The molecule has 0 saturated heterocycles. The van der Waals surface area contributed by atoms with Gasteiger partial charge in [0.25, 0.3) is 0 Å². The highest BCUT2D eigenvalue weighted by Gasteiger charge is 2.28. The van der Waals surface area contributed by atoms with Gasteiger partial charge in [-0.25, -0.2) is 0 Å². The van der Waals surface area contributed by atoms with Gasteiger partial charge in [0.2, 0.25) is 0 Å². The van der Waals surface area contributed by atoms with Gasteiger partial charge in [-0.3, -0.25) is 0 Å². The molecule has 0 heterocycles. The quantitative estimate of drug-likeness (QED) is 0.873. The molecule has 1 unspecified atom stereocenters. The van der Waals surface area contributed by atoms with Gasteiger partial charge >= 0.3 is 0 Å². The van der Waals surface area contributed by atoms with Crippen LogP contribution < -0.4 is 14.8 Å². The van der Waals surface area contributed by atoms with Crippen LogP contribution in [0.5, 0.6) is 11.5 Å². The second-order valence-electron chi connectivity index (χ2n) is 4.46. The van der Waals surface area contributed by atoms with Gasteiger partial charge in [0.15, 0.2) is 0 Å². The van der Waals surface area contributed by atoms with Crippen LogP contribution in [0.4, 0.5) is 5.69 Å². The van der Waals surface area contributed by atoms with Crippen LogP contribution in [0.3, 0.4) is 0 Å². The summed E-state index contributed by atoms with van der Waals surface area (Å²) >= 11 is 6.06. The average Bonchev–Trinajstić information content (AvgIpc) is 3.14. The first kappa shape index (κ1) is 12.4. The Morgan fingerprint density at radius 2 is 1.88 bits per heavy atom. The summed E-state index contributed by atoms with van der Waals surface area (Å²) < 4.78 is 10.5. The largest absolute Gasteiger partial charge is 0.495 e. The summed E-state index contributed by atoms with van der Waals surface area (Å²) in [5.74, 6) is 2.20. The van der Waals surface area contributed by atoms with Crippen LogP contribution in [0.1, 0.15) is 19.8 Å². The fourth-order valence-corrected chi connectivity index (χ4v) is 2.16. The minimum atomic E-state index is 0.454. The zero-order valence-corrected chi connectivity index (χ0v) is 11.2. The molecule has 0 radical (unpaired) electrons. The molecule has 1 atom stereocenters. The lowest BCUT2D eigenvalue weighted by atomic mass is 10.2. The number of hydrogen-bond donors (Lipinski definition) is 1. The van der Waals surface area contributed by atoms with Gasteiger partial charge in [0.1, 0.15) is 11.5 Å². The lowest BCUT2D eigenvalue weighted by molar-refractivity contribution is 0.404. The van der Waals surface area contributed by atoms with E-state index in [0.29, 0.717) is 16.8 Å². The molecule has 1 aliphatic carbocycles. The van der Waals surface area contributed by atoms with E-state index in [9.17, 15) is 0 Å². The number of ether oxygens (including phenoxy) is 2. The molecule has 0 aromatic heterocycles. The van der Waals surface area contributed by atoms with Crippen molar-refractivity contribution in [2.75, 3.05) is 19.5 Å². The molecule has 0 aliphatic heterocycles. The van der Waals surface area contributed by atoms with E-state index < -0.39 is 0 Å². The van der Waals surface area contributed by atoms with E-state index in [4.69, 9.17) is 21.1 Å². The minimum absolute atomic E-state index is 0.454. The molecule has 0 bridgehead atoms. The first-order valence-corrected chi connectivity index (χ1v) is 6.21. The standard InChI is InChI=1S/C13H18ClNO2/c1-8(9-4-5-9)15-11-7-12(16-2)10(14)6-13(11)17-3/h6-9,15H,4-5H2,1-3H3.